The molecular formula is C34H34N6O6. The molecule has 2 fully saturated rings. The molecule has 2 aliphatic heterocycles. The number of benzene rings is 3. The monoisotopic (exact) mass is 622 g/mol. The van der Waals surface area contributed by atoms with Gasteiger partial charge in [0.1, 0.15) is 5.52 Å². The van der Waals surface area contributed by atoms with Gasteiger partial charge in [0.25, 0.3) is 6.01 Å². The second-order valence-electron chi connectivity index (χ2n) is 11.6. The fourth-order valence-electron chi connectivity index (χ4n) is 5.95. The number of rotatable bonds is 9. The summed E-state index contributed by atoms with van der Waals surface area (Å²) in [7, 11) is 1.70. The average Bonchev–Trinajstić information content (AvgIpc) is 3.69. The summed E-state index contributed by atoms with van der Waals surface area (Å²) in [6.45, 7) is 3.32. The van der Waals surface area contributed by atoms with Crippen molar-refractivity contribution in [1.82, 2.24) is 14.8 Å². The molecule has 2 saturated heterocycles. The van der Waals surface area contributed by atoms with Gasteiger partial charge in [-0.25, -0.2) is 0 Å². The number of ether oxygens (including phenoxy) is 1. The van der Waals surface area contributed by atoms with E-state index in [1.807, 2.05) is 41.3 Å². The van der Waals surface area contributed by atoms with E-state index in [1.54, 1.807) is 47.2 Å². The maximum Gasteiger partial charge on any atom is 0.308 e. The van der Waals surface area contributed by atoms with Gasteiger partial charge in [0.05, 0.1) is 43.7 Å². The number of likely N-dealkylation sites (tertiary alicyclic amines) is 1. The van der Waals surface area contributed by atoms with Crippen molar-refractivity contribution in [3.05, 3.63) is 83.4 Å². The SMILES string of the molecule is CN(C(=O)Cc1ccc2nc(Nc3cccc(C#N)c3)oc2c1)c1ccc(C2CN(C(=O)CN3CCOCC3)CC2C(=O)O)cc1. The molecule has 46 heavy (non-hydrogen) atoms. The normalized spacial score (nSPS) is 18.3. The summed E-state index contributed by atoms with van der Waals surface area (Å²) in [5, 5.41) is 22.1. The van der Waals surface area contributed by atoms with Gasteiger partial charge in [-0.05, 0) is 53.6 Å². The summed E-state index contributed by atoms with van der Waals surface area (Å²) in [5.41, 5.74) is 4.60. The number of aromatic nitrogens is 1. The van der Waals surface area contributed by atoms with E-state index < -0.39 is 11.9 Å². The lowest BCUT2D eigenvalue weighted by Crippen LogP contribution is -2.44. The van der Waals surface area contributed by atoms with Crippen molar-refractivity contribution in [3.8, 4) is 6.07 Å². The number of morpholine rings is 1. The van der Waals surface area contributed by atoms with Gasteiger partial charge in [-0.3, -0.25) is 19.3 Å². The smallest absolute Gasteiger partial charge is 0.308 e. The highest BCUT2D eigenvalue weighted by atomic mass is 16.5. The van der Waals surface area contributed by atoms with Gasteiger partial charge in [-0.15, -0.1) is 0 Å². The molecule has 2 aliphatic rings. The summed E-state index contributed by atoms with van der Waals surface area (Å²) >= 11 is 0. The molecule has 2 amide bonds. The maximum absolute atomic E-state index is 13.2. The van der Waals surface area contributed by atoms with Crippen molar-refractivity contribution in [2.24, 2.45) is 5.92 Å². The Balaban J connectivity index is 1.08. The third kappa shape index (κ3) is 6.86. The molecule has 0 saturated carbocycles. The van der Waals surface area contributed by atoms with Crippen LogP contribution in [0.25, 0.3) is 11.1 Å². The van der Waals surface area contributed by atoms with Crippen LogP contribution in [-0.2, 0) is 25.5 Å². The highest BCUT2D eigenvalue weighted by molar-refractivity contribution is 5.94. The Bertz CT molecular complexity index is 1790. The number of nitrogens with zero attached hydrogens (tertiary/aromatic N) is 5. The first kappa shape index (κ1) is 30.8. The van der Waals surface area contributed by atoms with Gasteiger partial charge in [-0.1, -0.05) is 24.3 Å². The molecule has 12 nitrogen and oxygen atoms in total. The van der Waals surface area contributed by atoms with Gasteiger partial charge < -0.3 is 29.4 Å². The van der Waals surface area contributed by atoms with Crippen molar-refractivity contribution in [3.63, 3.8) is 0 Å². The minimum absolute atomic E-state index is 0.0704. The van der Waals surface area contributed by atoms with Crippen LogP contribution in [0.2, 0.25) is 0 Å². The minimum Gasteiger partial charge on any atom is -0.481 e. The van der Waals surface area contributed by atoms with Crippen molar-refractivity contribution < 1.29 is 28.6 Å². The number of nitriles is 1. The Hall–Kier alpha value is -5.25. The van der Waals surface area contributed by atoms with Gasteiger partial charge in [0, 0.05) is 50.5 Å². The molecular weight excluding hydrogens is 588 g/mol. The largest absolute Gasteiger partial charge is 0.481 e. The number of likely N-dealkylation sites (N-methyl/N-ethyl adjacent to an activating group) is 1. The summed E-state index contributed by atoms with van der Waals surface area (Å²) in [5.74, 6) is -2.18. The fraction of sp³-hybridized carbons (Fsp3) is 0.324. The second-order valence-corrected chi connectivity index (χ2v) is 11.6. The van der Waals surface area contributed by atoms with Crippen molar-refractivity contribution in [1.29, 1.82) is 5.26 Å². The lowest BCUT2D eigenvalue weighted by molar-refractivity contribution is -0.142. The van der Waals surface area contributed by atoms with Crippen LogP contribution in [0.1, 0.15) is 22.6 Å². The molecule has 236 valence electrons. The number of nitrogens with one attached hydrogen (secondary N) is 1. The van der Waals surface area contributed by atoms with E-state index in [0.29, 0.717) is 60.9 Å². The van der Waals surface area contributed by atoms with Crippen LogP contribution in [0.3, 0.4) is 0 Å². The predicted octanol–water partition coefficient (Wildman–Crippen LogP) is 3.61. The first-order chi connectivity index (χ1) is 22.3. The lowest BCUT2D eigenvalue weighted by atomic mass is 9.89. The quantitative estimate of drug-likeness (QED) is 0.283. The van der Waals surface area contributed by atoms with E-state index in [4.69, 9.17) is 14.4 Å². The summed E-state index contributed by atoms with van der Waals surface area (Å²) < 4.78 is 11.2. The van der Waals surface area contributed by atoms with Crippen molar-refractivity contribution in [2.75, 3.05) is 63.2 Å². The molecule has 2 N–H and O–H groups in total. The number of carboxylic acids is 1. The van der Waals surface area contributed by atoms with E-state index in [2.05, 4.69) is 16.4 Å². The van der Waals surface area contributed by atoms with Crippen LogP contribution in [-0.4, -0.2) is 90.7 Å². The molecule has 1 aromatic heterocycles. The van der Waals surface area contributed by atoms with Crippen LogP contribution >= 0.6 is 0 Å². The number of carbonyl (C=O) groups excluding carboxylic acids is 2. The van der Waals surface area contributed by atoms with E-state index in [9.17, 15) is 19.5 Å². The maximum atomic E-state index is 13.2. The molecule has 2 atom stereocenters. The topological polar surface area (TPSA) is 152 Å². The fourth-order valence-corrected chi connectivity index (χ4v) is 5.95. The molecule has 2 unspecified atom stereocenters. The number of fused-ring (bicyclic) bond motifs is 1. The highest BCUT2D eigenvalue weighted by Crippen LogP contribution is 2.34. The van der Waals surface area contributed by atoms with Gasteiger partial charge in [0.2, 0.25) is 11.8 Å². The molecule has 0 bridgehead atoms. The standard InChI is InChI=1S/C34H34N6O6/c1-38(31(41)17-22-5-10-29-30(16-22)46-34(37-29)36-25-4-2-3-23(15-25)18-35)26-8-6-24(7-9-26)27-19-40(20-28(27)33(43)44)32(42)21-39-11-13-45-14-12-39/h2-10,15-16,27-28H,11-14,17,19-21H2,1H3,(H,36,37)(H,43,44). The zero-order valence-electron chi connectivity index (χ0n) is 25.4. The Morgan fingerprint density at radius 2 is 1.85 bits per heavy atom. The van der Waals surface area contributed by atoms with E-state index in [1.165, 1.54) is 0 Å². The molecule has 4 aromatic rings. The Kier molecular flexibility index (Phi) is 8.96. The molecule has 6 rings (SSSR count). The molecule has 0 aliphatic carbocycles. The number of aliphatic carboxylic acids is 1. The number of oxazole rings is 1. The van der Waals surface area contributed by atoms with Crippen LogP contribution in [0.4, 0.5) is 17.4 Å². The zero-order chi connectivity index (χ0) is 32.2. The number of carbonyl (C=O) groups is 3. The lowest BCUT2D eigenvalue weighted by Gasteiger charge is -2.28. The van der Waals surface area contributed by atoms with Crippen LogP contribution < -0.4 is 10.2 Å². The van der Waals surface area contributed by atoms with E-state index in [-0.39, 0.29) is 43.3 Å². The second kappa shape index (κ2) is 13.4. The third-order valence-electron chi connectivity index (χ3n) is 8.59. The van der Waals surface area contributed by atoms with Crippen molar-refractivity contribution >= 4 is 46.3 Å². The first-order valence-corrected chi connectivity index (χ1v) is 15.1. The number of amides is 2. The first-order valence-electron chi connectivity index (χ1n) is 15.1. The molecule has 0 radical (unpaired) electrons. The molecule has 12 heteroatoms. The Labute approximate surface area is 265 Å². The van der Waals surface area contributed by atoms with Gasteiger partial charge >= 0.3 is 5.97 Å². The number of anilines is 3. The average molecular weight is 623 g/mol. The zero-order valence-corrected chi connectivity index (χ0v) is 25.4. The number of carboxylic acid groups (broad SMARTS) is 1. The minimum atomic E-state index is -0.928. The van der Waals surface area contributed by atoms with Gasteiger partial charge in [0.15, 0.2) is 5.58 Å². The number of hydrogen-bond acceptors (Lipinski definition) is 9. The third-order valence-corrected chi connectivity index (χ3v) is 8.59. The van der Waals surface area contributed by atoms with E-state index in [0.717, 1.165) is 11.1 Å². The Morgan fingerprint density at radius 1 is 1.07 bits per heavy atom. The van der Waals surface area contributed by atoms with Crippen LogP contribution in [0.15, 0.2) is 71.1 Å². The van der Waals surface area contributed by atoms with Crippen LogP contribution in [0, 0.1) is 17.2 Å². The number of hydrogen-bond donors (Lipinski definition) is 2. The highest BCUT2D eigenvalue weighted by Gasteiger charge is 2.40. The summed E-state index contributed by atoms with van der Waals surface area (Å²) in [6, 6.07) is 22.1. The summed E-state index contributed by atoms with van der Waals surface area (Å²) in [4.78, 5) is 48.0. The van der Waals surface area contributed by atoms with Crippen molar-refractivity contribution in [2.45, 2.75) is 12.3 Å². The molecule has 3 aromatic carbocycles. The predicted molar refractivity (Wildman–Crippen MR) is 170 cm³/mol. The van der Waals surface area contributed by atoms with E-state index >= 15 is 0 Å². The molecule has 3 heterocycles. The summed E-state index contributed by atoms with van der Waals surface area (Å²) in [6.07, 6.45) is 0.131. The Morgan fingerprint density at radius 3 is 2.59 bits per heavy atom. The van der Waals surface area contributed by atoms with Crippen LogP contribution in [0.5, 0.6) is 0 Å². The molecule has 0 spiro atoms. The van der Waals surface area contributed by atoms with Gasteiger partial charge in [-0.2, -0.15) is 10.2 Å².